The number of aromatic amines is 2. The molecular formula is C51H56Cl3N4O15P. The van der Waals surface area contributed by atoms with Crippen molar-refractivity contribution < 1.29 is 62.2 Å². The first-order valence-electron chi connectivity index (χ1n) is 21.8. The van der Waals surface area contributed by atoms with E-state index in [1.165, 1.54) is 12.4 Å². The number of anilines is 2. The second-order valence-corrected chi connectivity index (χ2v) is 19.9. The van der Waals surface area contributed by atoms with Crippen LogP contribution in [0.4, 0.5) is 11.4 Å². The van der Waals surface area contributed by atoms with Crippen LogP contribution in [0.5, 0.6) is 0 Å². The lowest BCUT2D eigenvalue weighted by Crippen LogP contribution is -2.17. The summed E-state index contributed by atoms with van der Waals surface area (Å²) < 4.78 is 24.0. The van der Waals surface area contributed by atoms with E-state index in [1.807, 2.05) is 87.5 Å². The summed E-state index contributed by atoms with van der Waals surface area (Å²) in [5, 5.41) is 9.44. The van der Waals surface area contributed by atoms with Crippen molar-refractivity contribution in [2.45, 2.75) is 54.4 Å². The number of nitrogens with one attached hydrogen (secondary N) is 3. The SMILES string of the molecule is C/C=C(\CC)C(=O)OCC.CCOC(=O)/C(=C/Nc1ccccc1)CC.CCOC(=O)c1c[nH]c2ccccc2c1=O.Nc1ccccc1.O=C(O)c1c[nH]c2ccccc2c1=O.O=C=O.O=C=O.O=P(Cl)(Cl)Cl. The maximum absolute atomic E-state index is 11.9. The van der Waals surface area contributed by atoms with Crippen LogP contribution < -0.4 is 21.9 Å². The molecule has 0 atom stereocenters. The number of nitrogens with two attached hydrogens (primary N) is 1. The molecule has 0 radical (unpaired) electrons. The first kappa shape index (κ1) is 68.2. The summed E-state index contributed by atoms with van der Waals surface area (Å²) >= 11 is 13.8. The molecule has 6 rings (SSSR count). The summed E-state index contributed by atoms with van der Waals surface area (Å²) in [4.78, 5) is 106. The lowest BCUT2D eigenvalue weighted by molar-refractivity contribution is -0.193. The molecule has 396 valence electrons. The molecule has 0 aliphatic carbocycles. The van der Waals surface area contributed by atoms with E-state index in [0.29, 0.717) is 47.0 Å². The third kappa shape index (κ3) is 30.1. The molecule has 23 heteroatoms. The fraction of sp³-hybridized carbons (Fsp3) is 0.216. The number of ether oxygens (including phenoxy) is 3. The molecule has 0 saturated carbocycles. The van der Waals surface area contributed by atoms with Crippen molar-refractivity contribution >= 4 is 108 Å². The number of benzene rings is 4. The summed E-state index contributed by atoms with van der Waals surface area (Å²) in [7, 11) is 0. The van der Waals surface area contributed by atoms with Gasteiger partial charge < -0.3 is 40.3 Å². The van der Waals surface area contributed by atoms with Crippen LogP contribution in [-0.2, 0) is 47.5 Å². The largest absolute Gasteiger partial charge is 0.477 e. The van der Waals surface area contributed by atoms with Crippen molar-refractivity contribution in [3.8, 4) is 0 Å². The van der Waals surface area contributed by atoms with Gasteiger partial charge in [-0.05, 0) is 123 Å². The number of H-pyrrole nitrogens is 2. The zero-order valence-corrected chi connectivity index (χ0v) is 44.2. The van der Waals surface area contributed by atoms with Gasteiger partial charge in [-0.2, -0.15) is 19.2 Å². The summed E-state index contributed by atoms with van der Waals surface area (Å²) in [6.45, 7) is 12.1. The Bertz CT molecular complexity index is 2930. The molecule has 0 bridgehead atoms. The standard InChI is InChI=1S/C13H17NO2.C12H11NO3.C10H7NO3.C8H14O2.C6H7N.2CO2.Cl3OP/c1-3-11(13(15)16-4-2)10-14-12-8-6-5-7-9-12;1-2-16-12(15)9-7-13-10-6-4-3-5-8(10)11(9)14;12-9-6-3-1-2-4-8(6)11-5-7(9)10(13)14;1-4-7(5-2)8(9)10-6-3;7-6-4-2-1-3-5-6;2*2-1-3;1-5(2,3)4/h5-10,14H,3-4H2,1-2H3;3-7H,2H2,1H3,(H,13,14);1-5H,(H,11,12)(H,13,14);4H,5-6H2,1-3H3;1-5H,7H2;;;/b11-10+;;;7-4+;;;;. The van der Waals surface area contributed by atoms with E-state index in [2.05, 4.69) is 49.0 Å². The van der Waals surface area contributed by atoms with E-state index in [4.69, 9.17) is 44.2 Å². The highest BCUT2D eigenvalue weighted by atomic mass is 36.0. The molecule has 4 aromatic carbocycles. The van der Waals surface area contributed by atoms with Gasteiger partial charge in [0.15, 0.2) is 0 Å². The van der Waals surface area contributed by atoms with Gasteiger partial charge in [-0.15, -0.1) is 0 Å². The first-order valence-corrected chi connectivity index (χ1v) is 26.2. The van der Waals surface area contributed by atoms with Crippen molar-refractivity contribution in [1.82, 2.24) is 9.97 Å². The van der Waals surface area contributed by atoms with Gasteiger partial charge in [-0.3, -0.25) is 14.2 Å². The van der Waals surface area contributed by atoms with Gasteiger partial charge in [-0.1, -0.05) is 80.6 Å². The molecule has 2 heterocycles. The second kappa shape index (κ2) is 40.7. The zero-order chi connectivity index (χ0) is 56.5. The molecule has 2 aromatic heterocycles. The summed E-state index contributed by atoms with van der Waals surface area (Å²) in [6, 6.07) is 33.0. The predicted molar refractivity (Wildman–Crippen MR) is 284 cm³/mol. The lowest BCUT2D eigenvalue weighted by atomic mass is 10.1. The first-order chi connectivity index (χ1) is 35.2. The molecule has 0 saturated heterocycles. The number of aromatic carboxylic acids is 1. The fourth-order valence-electron chi connectivity index (χ4n) is 5.23. The molecule has 74 heavy (non-hydrogen) atoms. The van der Waals surface area contributed by atoms with E-state index in [0.717, 1.165) is 23.4 Å². The quantitative estimate of drug-likeness (QED) is 0.0265. The van der Waals surface area contributed by atoms with Crippen molar-refractivity contribution in [2.24, 2.45) is 0 Å². The van der Waals surface area contributed by atoms with Crippen LogP contribution in [0.2, 0.25) is 0 Å². The van der Waals surface area contributed by atoms with Gasteiger partial charge in [0.25, 0.3) is 0 Å². The Morgan fingerprint density at radius 1 is 0.622 bits per heavy atom. The maximum Gasteiger partial charge on any atom is 0.373 e. The van der Waals surface area contributed by atoms with Gasteiger partial charge in [0, 0.05) is 57.3 Å². The number of nitrogen functional groups attached to an aromatic ring is 1. The molecule has 6 N–H and O–H groups in total. The van der Waals surface area contributed by atoms with E-state index in [9.17, 15) is 33.3 Å². The molecule has 19 nitrogen and oxygen atoms in total. The monoisotopic (exact) mass is 1100 g/mol. The number of fused-ring (bicyclic) bond motifs is 2. The van der Waals surface area contributed by atoms with Crippen LogP contribution in [0.15, 0.2) is 155 Å². The zero-order valence-electron chi connectivity index (χ0n) is 41.1. The lowest BCUT2D eigenvalue weighted by Gasteiger charge is -2.05. The molecule has 0 spiro atoms. The number of aromatic nitrogens is 2. The highest BCUT2D eigenvalue weighted by molar-refractivity contribution is 8.24. The van der Waals surface area contributed by atoms with E-state index in [-0.39, 0.29) is 47.4 Å². The van der Waals surface area contributed by atoms with Crippen LogP contribution in [0, 0.1) is 0 Å². The number of halogens is 3. The number of allylic oxidation sites excluding steroid dienone is 1. The van der Waals surface area contributed by atoms with Crippen LogP contribution in [0.1, 0.15) is 75.1 Å². The van der Waals surface area contributed by atoms with Gasteiger partial charge in [0.2, 0.25) is 10.9 Å². The summed E-state index contributed by atoms with van der Waals surface area (Å²) in [5.41, 5.74) is 8.94. The minimum Gasteiger partial charge on any atom is -0.477 e. The van der Waals surface area contributed by atoms with Gasteiger partial charge in [0.1, 0.15) is 11.1 Å². The van der Waals surface area contributed by atoms with Crippen LogP contribution in [-0.4, -0.2) is 71.1 Å². The van der Waals surface area contributed by atoms with Crippen LogP contribution in [0.25, 0.3) is 21.8 Å². The van der Waals surface area contributed by atoms with Crippen molar-refractivity contribution in [2.75, 3.05) is 30.9 Å². The number of pyridine rings is 2. The van der Waals surface area contributed by atoms with E-state index in [1.54, 1.807) is 75.5 Å². The number of esters is 3. The van der Waals surface area contributed by atoms with Crippen molar-refractivity contribution in [3.63, 3.8) is 0 Å². The highest BCUT2D eigenvalue weighted by Gasteiger charge is 2.14. The minimum absolute atomic E-state index is 0.0422. The number of para-hydroxylation sites is 4. The Hall–Kier alpha value is -7.88. The van der Waals surface area contributed by atoms with Crippen LogP contribution in [0.3, 0.4) is 0 Å². The Morgan fingerprint density at radius 2 is 0.986 bits per heavy atom. The average Bonchev–Trinajstić information content (AvgIpc) is 3.36. The predicted octanol–water partition coefficient (Wildman–Crippen LogP) is 10.7. The Balaban J connectivity index is 0. The minimum atomic E-state index is -3.22. The molecule has 6 aromatic rings. The number of rotatable bonds is 11. The molecule has 0 aliphatic heterocycles. The normalized spacial score (nSPS) is 9.91. The van der Waals surface area contributed by atoms with Crippen molar-refractivity contribution in [1.29, 1.82) is 0 Å². The molecule has 0 unspecified atom stereocenters. The maximum atomic E-state index is 11.9. The number of hydrogen-bond donors (Lipinski definition) is 5. The average molecular weight is 1100 g/mol. The number of hydrogen-bond acceptors (Lipinski definition) is 16. The smallest absolute Gasteiger partial charge is 0.373 e. The third-order valence-electron chi connectivity index (χ3n) is 8.47. The highest BCUT2D eigenvalue weighted by Crippen LogP contribution is 2.61. The molecule has 0 fully saturated rings. The van der Waals surface area contributed by atoms with Crippen molar-refractivity contribution in [3.05, 3.63) is 177 Å². The van der Waals surface area contributed by atoms with E-state index < -0.39 is 22.6 Å². The summed E-state index contributed by atoms with van der Waals surface area (Å²) in [5.74, 6) is -2.24. The molecular weight excluding hydrogens is 1050 g/mol. The van der Waals surface area contributed by atoms with Crippen LogP contribution >= 0.6 is 38.9 Å². The topological polar surface area (TPSA) is 305 Å². The number of carbonyl (C=O) groups is 4. The second-order valence-electron chi connectivity index (χ2n) is 13.3. The number of carboxylic acids is 1. The van der Waals surface area contributed by atoms with E-state index >= 15 is 0 Å². The fourth-order valence-corrected chi connectivity index (χ4v) is 5.23. The third-order valence-corrected chi connectivity index (χ3v) is 8.47. The Kier molecular flexibility index (Phi) is 37.5. The molecule has 0 aliphatic rings. The number of carbonyl (C=O) groups excluding carboxylic acids is 7. The van der Waals surface area contributed by atoms with Gasteiger partial charge in [0.05, 0.1) is 25.4 Å². The van der Waals surface area contributed by atoms with Gasteiger partial charge in [-0.25, -0.2) is 19.2 Å². The Morgan fingerprint density at radius 3 is 1.35 bits per heavy atom. The number of carboxylic acid groups (broad SMARTS) is 1. The van der Waals surface area contributed by atoms with Gasteiger partial charge >= 0.3 is 41.4 Å². The summed E-state index contributed by atoms with van der Waals surface area (Å²) in [6.07, 6.45) is 8.00. The Labute approximate surface area is 440 Å². The molecule has 0 amide bonds.